The number of hydrogen-bond donors (Lipinski definition) is 0. The molecule has 0 bridgehead atoms. The van der Waals surface area contributed by atoms with Crippen LogP contribution in [0.3, 0.4) is 0 Å². The Morgan fingerprint density at radius 3 is 3.00 bits per heavy atom. The summed E-state index contributed by atoms with van der Waals surface area (Å²) in [5.41, 5.74) is 1.11. The van der Waals surface area contributed by atoms with Gasteiger partial charge in [-0.05, 0) is 12.5 Å². The first-order chi connectivity index (χ1) is 7.36. The molecular weight excluding hydrogens is 186 g/mol. The molecule has 0 spiro atoms. The summed E-state index contributed by atoms with van der Waals surface area (Å²) in [4.78, 5) is 0. The molecule has 1 aromatic heterocycles. The van der Waals surface area contributed by atoms with E-state index in [2.05, 4.69) is 18.1 Å². The second kappa shape index (κ2) is 4.14. The highest BCUT2D eigenvalue weighted by molar-refractivity contribution is 5.78. The van der Waals surface area contributed by atoms with Crippen molar-refractivity contribution in [3.05, 3.63) is 30.5 Å². The summed E-state index contributed by atoms with van der Waals surface area (Å²) in [6, 6.07) is 10.5. The monoisotopic (exact) mass is 199 g/mol. The van der Waals surface area contributed by atoms with E-state index in [1.165, 1.54) is 0 Å². The van der Waals surface area contributed by atoms with E-state index in [1.807, 2.05) is 35.1 Å². The van der Waals surface area contributed by atoms with Gasteiger partial charge in [0.2, 0.25) is 0 Å². The van der Waals surface area contributed by atoms with Gasteiger partial charge in [0.1, 0.15) is 0 Å². The van der Waals surface area contributed by atoms with Crippen LogP contribution in [0.1, 0.15) is 25.8 Å². The molecule has 3 nitrogen and oxygen atoms in total. The average Bonchev–Trinajstić information content (AvgIpc) is 2.70. The Balaban J connectivity index is 2.47. The van der Waals surface area contributed by atoms with Crippen molar-refractivity contribution in [1.82, 2.24) is 9.78 Å². The van der Waals surface area contributed by atoms with Crippen molar-refractivity contribution in [2.45, 2.75) is 25.8 Å². The van der Waals surface area contributed by atoms with Crippen LogP contribution in [0.25, 0.3) is 10.9 Å². The first kappa shape index (κ1) is 9.72. The molecule has 0 radical (unpaired) electrons. The van der Waals surface area contributed by atoms with E-state index < -0.39 is 0 Å². The summed E-state index contributed by atoms with van der Waals surface area (Å²) in [6.45, 7) is 2.08. The molecule has 76 valence electrons. The predicted molar refractivity (Wildman–Crippen MR) is 59.3 cm³/mol. The molecule has 15 heavy (non-hydrogen) atoms. The quantitative estimate of drug-likeness (QED) is 0.762. The highest BCUT2D eigenvalue weighted by Crippen LogP contribution is 2.21. The predicted octanol–water partition coefficient (Wildman–Crippen LogP) is 2.90. The maximum atomic E-state index is 8.75. The lowest BCUT2D eigenvalue weighted by atomic mass is 10.1. The Bertz CT molecular complexity index is 493. The Kier molecular flexibility index (Phi) is 2.68. The molecular formula is C12H13N3. The molecule has 0 N–H and O–H groups in total. The average molecular weight is 199 g/mol. The summed E-state index contributed by atoms with van der Waals surface area (Å²) >= 11 is 0. The van der Waals surface area contributed by atoms with Gasteiger partial charge >= 0.3 is 0 Å². The van der Waals surface area contributed by atoms with E-state index in [-0.39, 0.29) is 6.04 Å². The number of aromatic nitrogens is 2. The Morgan fingerprint density at radius 2 is 2.27 bits per heavy atom. The van der Waals surface area contributed by atoms with Gasteiger partial charge in [0, 0.05) is 5.39 Å². The topological polar surface area (TPSA) is 41.6 Å². The Labute approximate surface area is 88.9 Å². The number of rotatable bonds is 3. The third-order valence-electron chi connectivity index (χ3n) is 2.65. The van der Waals surface area contributed by atoms with Crippen molar-refractivity contribution in [2.24, 2.45) is 0 Å². The van der Waals surface area contributed by atoms with E-state index in [9.17, 15) is 0 Å². The van der Waals surface area contributed by atoms with Crippen LogP contribution in [0, 0.1) is 11.3 Å². The molecule has 2 rings (SSSR count). The molecule has 0 aliphatic rings. The fourth-order valence-corrected chi connectivity index (χ4v) is 1.79. The number of para-hydroxylation sites is 1. The molecule has 2 aromatic rings. The van der Waals surface area contributed by atoms with Crippen LogP contribution in [0.4, 0.5) is 0 Å². The summed E-state index contributed by atoms with van der Waals surface area (Å²) in [7, 11) is 0. The number of fused-ring (bicyclic) bond motifs is 1. The van der Waals surface area contributed by atoms with Gasteiger partial charge in [-0.25, -0.2) is 0 Å². The highest BCUT2D eigenvalue weighted by Gasteiger charge is 2.11. The van der Waals surface area contributed by atoms with Crippen molar-refractivity contribution in [1.29, 1.82) is 5.26 Å². The summed E-state index contributed by atoms with van der Waals surface area (Å²) < 4.78 is 1.96. The lowest BCUT2D eigenvalue weighted by Crippen LogP contribution is -2.08. The van der Waals surface area contributed by atoms with Crippen molar-refractivity contribution in [3.63, 3.8) is 0 Å². The first-order valence-corrected chi connectivity index (χ1v) is 5.16. The summed E-state index contributed by atoms with van der Waals surface area (Å²) in [5.74, 6) is 0. The third kappa shape index (κ3) is 1.71. The zero-order valence-corrected chi connectivity index (χ0v) is 8.72. The van der Waals surface area contributed by atoms with Gasteiger partial charge in [0.15, 0.2) is 0 Å². The van der Waals surface area contributed by atoms with Crippen LogP contribution in [-0.2, 0) is 0 Å². The molecule has 1 aromatic carbocycles. The van der Waals surface area contributed by atoms with E-state index in [0.29, 0.717) is 6.42 Å². The minimum absolute atomic E-state index is 0.190. The van der Waals surface area contributed by atoms with Gasteiger partial charge < -0.3 is 0 Å². The zero-order valence-electron chi connectivity index (χ0n) is 8.72. The lowest BCUT2D eigenvalue weighted by Gasteiger charge is -2.12. The van der Waals surface area contributed by atoms with Crippen molar-refractivity contribution >= 4 is 10.9 Å². The van der Waals surface area contributed by atoms with E-state index >= 15 is 0 Å². The van der Waals surface area contributed by atoms with Crippen LogP contribution in [0.5, 0.6) is 0 Å². The van der Waals surface area contributed by atoms with E-state index in [1.54, 1.807) is 0 Å². The second-order valence-corrected chi connectivity index (χ2v) is 3.57. The van der Waals surface area contributed by atoms with Gasteiger partial charge in [-0.15, -0.1) is 0 Å². The van der Waals surface area contributed by atoms with Gasteiger partial charge in [-0.3, -0.25) is 4.68 Å². The fourth-order valence-electron chi connectivity index (χ4n) is 1.79. The van der Waals surface area contributed by atoms with Gasteiger partial charge in [-0.2, -0.15) is 10.4 Å². The van der Waals surface area contributed by atoms with Crippen LogP contribution >= 0.6 is 0 Å². The molecule has 0 amide bonds. The van der Waals surface area contributed by atoms with E-state index in [4.69, 9.17) is 5.26 Å². The molecule has 1 atom stereocenters. The molecule has 3 heteroatoms. The van der Waals surface area contributed by atoms with Gasteiger partial charge in [0.25, 0.3) is 0 Å². The maximum Gasteiger partial charge on any atom is 0.0686 e. The zero-order chi connectivity index (χ0) is 10.7. The Morgan fingerprint density at radius 1 is 1.47 bits per heavy atom. The molecule has 1 heterocycles. The number of nitriles is 1. The molecule has 1 unspecified atom stereocenters. The standard InChI is InChI=1S/C12H13N3/c1-2-11(7-8-13)15-12-6-4-3-5-10(12)9-14-15/h3-6,9,11H,2,7H2,1H3. The summed E-state index contributed by atoms with van der Waals surface area (Å²) in [5, 5.41) is 14.2. The molecule has 0 fully saturated rings. The van der Waals surface area contributed by atoms with Crippen LogP contribution < -0.4 is 0 Å². The molecule has 0 saturated heterocycles. The fraction of sp³-hybridized carbons (Fsp3) is 0.333. The molecule has 0 aliphatic carbocycles. The second-order valence-electron chi connectivity index (χ2n) is 3.57. The van der Waals surface area contributed by atoms with Crippen molar-refractivity contribution in [3.8, 4) is 6.07 Å². The van der Waals surface area contributed by atoms with Gasteiger partial charge in [0.05, 0.1) is 30.2 Å². The lowest BCUT2D eigenvalue weighted by molar-refractivity contribution is 0.462. The SMILES string of the molecule is CCC(CC#N)n1ncc2ccccc21. The highest BCUT2D eigenvalue weighted by atomic mass is 15.3. The molecule has 0 aliphatic heterocycles. The van der Waals surface area contributed by atoms with Crippen LogP contribution in [0.2, 0.25) is 0 Å². The molecule has 0 saturated carbocycles. The van der Waals surface area contributed by atoms with Crippen LogP contribution in [0.15, 0.2) is 30.5 Å². The maximum absolute atomic E-state index is 8.75. The minimum Gasteiger partial charge on any atom is -0.261 e. The van der Waals surface area contributed by atoms with E-state index in [0.717, 1.165) is 17.3 Å². The van der Waals surface area contributed by atoms with Crippen molar-refractivity contribution < 1.29 is 0 Å². The number of nitrogens with zero attached hydrogens (tertiary/aromatic N) is 3. The Hall–Kier alpha value is -1.82. The largest absolute Gasteiger partial charge is 0.261 e. The number of benzene rings is 1. The third-order valence-corrected chi connectivity index (χ3v) is 2.65. The smallest absolute Gasteiger partial charge is 0.0686 e. The normalized spacial score (nSPS) is 12.5. The number of hydrogen-bond acceptors (Lipinski definition) is 2. The minimum atomic E-state index is 0.190. The van der Waals surface area contributed by atoms with Gasteiger partial charge in [-0.1, -0.05) is 25.1 Å². The first-order valence-electron chi connectivity index (χ1n) is 5.16. The van der Waals surface area contributed by atoms with Crippen molar-refractivity contribution in [2.75, 3.05) is 0 Å². The summed E-state index contributed by atoms with van der Waals surface area (Å²) in [6.07, 6.45) is 3.30. The van der Waals surface area contributed by atoms with Crippen LogP contribution in [-0.4, -0.2) is 9.78 Å².